The van der Waals surface area contributed by atoms with Gasteiger partial charge in [0.2, 0.25) is 5.91 Å². The molecule has 32 heavy (non-hydrogen) atoms. The van der Waals surface area contributed by atoms with Crippen LogP contribution in [0.1, 0.15) is 25.0 Å². The Morgan fingerprint density at radius 2 is 1.75 bits per heavy atom. The van der Waals surface area contributed by atoms with E-state index in [2.05, 4.69) is 0 Å². The van der Waals surface area contributed by atoms with Crippen LogP contribution in [-0.4, -0.2) is 53.7 Å². The van der Waals surface area contributed by atoms with E-state index < -0.39 is 11.1 Å². The second-order valence-electron chi connectivity index (χ2n) is 7.48. The van der Waals surface area contributed by atoms with Crippen molar-refractivity contribution >= 4 is 34.9 Å². The summed E-state index contributed by atoms with van der Waals surface area (Å²) < 4.78 is 10.5. The van der Waals surface area contributed by atoms with E-state index in [1.165, 1.54) is 14.2 Å². The number of rotatable bonds is 8. The monoisotopic (exact) mass is 454 g/mol. The molecule has 0 N–H and O–H groups in total. The number of benzene rings is 2. The molecule has 3 rings (SSSR count). The molecule has 1 heterocycles. The molecule has 168 valence electrons. The Kier molecular flexibility index (Phi) is 7.58. The quantitative estimate of drug-likeness (QED) is 0.557. The summed E-state index contributed by atoms with van der Waals surface area (Å²) in [4.78, 5) is 41.3. The highest BCUT2D eigenvalue weighted by molar-refractivity contribution is 8.18. The van der Waals surface area contributed by atoms with E-state index in [0.717, 1.165) is 22.2 Å². The molecule has 0 spiro atoms. The predicted octanol–water partition coefficient (Wildman–Crippen LogP) is 4.18. The van der Waals surface area contributed by atoms with Crippen molar-refractivity contribution in [3.8, 4) is 11.5 Å². The second kappa shape index (κ2) is 10.4. The van der Waals surface area contributed by atoms with Crippen LogP contribution < -0.4 is 9.47 Å². The fourth-order valence-corrected chi connectivity index (χ4v) is 4.13. The summed E-state index contributed by atoms with van der Waals surface area (Å²) in [5, 5.41) is -0.460. The fraction of sp³-hybridized carbons (Fsp3) is 0.292. The summed E-state index contributed by atoms with van der Waals surface area (Å²) in [7, 11) is 3.06. The maximum atomic E-state index is 13.0. The number of nitrogens with zero attached hydrogens (tertiary/aromatic N) is 2. The number of ether oxygens (including phenoxy) is 2. The van der Waals surface area contributed by atoms with Crippen LogP contribution >= 0.6 is 11.8 Å². The lowest BCUT2D eigenvalue weighted by atomic mass is 10.1. The molecule has 0 aromatic heterocycles. The van der Waals surface area contributed by atoms with Gasteiger partial charge in [0.05, 0.1) is 19.1 Å². The predicted molar refractivity (Wildman–Crippen MR) is 124 cm³/mol. The lowest BCUT2D eigenvalue weighted by Crippen LogP contribution is -2.44. The van der Waals surface area contributed by atoms with Crippen LogP contribution in [0.15, 0.2) is 53.4 Å². The van der Waals surface area contributed by atoms with Crippen LogP contribution in [0.2, 0.25) is 0 Å². The topological polar surface area (TPSA) is 76.2 Å². The lowest BCUT2D eigenvalue weighted by Gasteiger charge is -2.28. The largest absolute Gasteiger partial charge is 0.493 e. The molecule has 7 nitrogen and oxygen atoms in total. The average Bonchev–Trinajstić information content (AvgIpc) is 3.05. The minimum Gasteiger partial charge on any atom is -0.493 e. The zero-order chi connectivity index (χ0) is 23.3. The summed E-state index contributed by atoms with van der Waals surface area (Å²) in [6.07, 6.45) is 1.61. The number of imide groups is 1. The van der Waals surface area contributed by atoms with Crippen LogP contribution in [0.25, 0.3) is 6.08 Å². The third kappa shape index (κ3) is 5.31. The first kappa shape index (κ1) is 23.4. The molecular formula is C24H26N2O5S. The number of methoxy groups -OCH3 is 2. The van der Waals surface area contributed by atoms with Gasteiger partial charge in [0.1, 0.15) is 6.54 Å². The van der Waals surface area contributed by atoms with Gasteiger partial charge in [-0.1, -0.05) is 36.4 Å². The van der Waals surface area contributed by atoms with E-state index in [-0.39, 0.29) is 23.4 Å². The smallest absolute Gasteiger partial charge is 0.294 e. The molecule has 1 aliphatic heterocycles. The first-order valence-corrected chi connectivity index (χ1v) is 11.0. The molecule has 8 heteroatoms. The number of amides is 3. The molecule has 0 atom stereocenters. The Labute approximate surface area is 192 Å². The van der Waals surface area contributed by atoms with Crippen molar-refractivity contribution in [1.29, 1.82) is 0 Å². The summed E-state index contributed by atoms with van der Waals surface area (Å²) in [5.74, 6) is 0.324. The van der Waals surface area contributed by atoms with Crippen molar-refractivity contribution in [2.24, 2.45) is 0 Å². The molecule has 0 saturated carbocycles. The number of hydrogen-bond donors (Lipinski definition) is 0. The van der Waals surface area contributed by atoms with Crippen LogP contribution in [0.3, 0.4) is 0 Å². The number of carbonyl (C=O) groups excluding carboxylic acids is 3. The molecule has 3 amide bonds. The van der Waals surface area contributed by atoms with E-state index in [4.69, 9.17) is 9.47 Å². The number of carbonyl (C=O) groups is 3. The van der Waals surface area contributed by atoms with Gasteiger partial charge >= 0.3 is 0 Å². The normalized spacial score (nSPS) is 14.9. The highest BCUT2D eigenvalue weighted by Gasteiger charge is 2.37. The van der Waals surface area contributed by atoms with Gasteiger partial charge in [-0.25, -0.2) is 0 Å². The third-order valence-electron chi connectivity index (χ3n) is 5.01. The fourth-order valence-electron chi connectivity index (χ4n) is 3.30. The Hall–Kier alpha value is -3.26. The number of thioether (sulfide) groups is 1. The maximum Gasteiger partial charge on any atom is 0.294 e. The molecule has 1 aliphatic rings. The van der Waals surface area contributed by atoms with Gasteiger partial charge in [0.25, 0.3) is 11.1 Å². The van der Waals surface area contributed by atoms with Crippen molar-refractivity contribution in [3.05, 3.63) is 64.6 Å². The lowest BCUT2D eigenvalue weighted by molar-refractivity contribution is -0.137. The van der Waals surface area contributed by atoms with E-state index in [1.54, 1.807) is 29.2 Å². The molecule has 0 bridgehead atoms. The van der Waals surface area contributed by atoms with E-state index in [0.29, 0.717) is 23.6 Å². The van der Waals surface area contributed by atoms with Crippen LogP contribution in [0.5, 0.6) is 11.5 Å². The van der Waals surface area contributed by atoms with Crippen LogP contribution in [0, 0.1) is 0 Å². The van der Waals surface area contributed by atoms with Gasteiger partial charge in [-0.3, -0.25) is 19.3 Å². The molecule has 2 aromatic rings. The molecule has 1 fully saturated rings. The summed E-state index contributed by atoms with van der Waals surface area (Å²) in [6.45, 7) is 3.94. The van der Waals surface area contributed by atoms with E-state index in [1.807, 2.05) is 44.2 Å². The van der Waals surface area contributed by atoms with Gasteiger partial charge in [0, 0.05) is 12.6 Å². The van der Waals surface area contributed by atoms with Crippen molar-refractivity contribution in [3.63, 3.8) is 0 Å². The van der Waals surface area contributed by atoms with Crippen LogP contribution in [0.4, 0.5) is 4.79 Å². The maximum absolute atomic E-state index is 13.0. The van der Waals surface area contributed by atoms with Gasteiger partial charge in [-0.2, -0.15) is 0 Å². The zero-order valence-corrected chi connectivity index (χ0v) is 19.3. The van der Waals surface area contributed by atoms with Crippen molar-refractivity contribution in [1.82, 2.24) is 9.80 Å². The third-order valence-corrected chi connectivity index (χ3v) is 5.92. The summed E-state index contributed by atoms with van der Waals surface area (Å²) in [6, 6.07) is 14.7. The van der Waals surface area contributed by atoms with Crippen molar-refractivity contribution < 1.29 is 23.9 Å². The number of hydrogen-bond acceptors (Lipinski definition) is 6. The minimum absolute atomic E-state index is 0.0788. The molecule has 2 aromatic carbocycles. The minimum atomic E-state index is -0.480. The highest BCUT2D eigenvalue weighted by Crippen LogP contribution is 2.34. The molecule has 0 radical (unpaired) electrons. The second-order valence-corrected chi connectivity index (χ2v) is 8.48. The van der Waals surface area contributed by atoms with E-state index >= 15 is 0 Å². The Morgan fingerprint density at radius 1 is 1.06 bits per heavy atom. The molecule has 0 aliphatic carbocycles. The SMILES string of the molecule is COc1ccc(/C=C2\SC(=O)N(CC(=O)N(Cc3ccccc3)C(C)C)C2=O)cc1OC. The van der Waals surface area contributed by atoms with Gasteiger partial charge in [0.15, 0.2) is 11.5 Å². The van der Waals surface area contributed by atoms with Crippen LogP contribution in [-0.2, 0) is 16.1 Å². The van der Waals surface area contributed by atoms with Crippen molar-refractivity contribution in [2.75, 3.05) is 20.8 Å². The van der Waals surface area contributed by atoms with Gasteiger partial charge < -0.3 is 14.4 Å². The summed E-state index contributed by atoms with van der Waals surface area (Å²) >= 11 is 0.822. The van der Waals surface area contributed by atoms with Crippen molar-refractivity contribution in [2.45, 2.75) is 26.4 Å². The zero-order valence-electron chi connectivity index (χ0n) is 18.5. The highest BCUT2D eigenvalue weighted by atomic mass is 32.2. The molecule has 1 saturated heterocycles. The standard InChI is InChI=1S/C24H26N2O5S/c1-16(2)25(14-17-8-6-5-7-9-17)22(27)15-26-23(28)21(32-24(26)29)13-18-10-11-19(30-3)20(12-18)31-4/h5-13,16H,14-15H2,1-4H3/b21-13-. The average molecular weight is 455 g/mol. The van der Waals surface area contributed by atoms with Gasteiger partial charge in [-0.15, -0.1) is 0 Å². The van der Waals surface area contributed by atoms with E-state index in [9.17, 15) is 14.4 Å². The first-order valence-electron chi connectivity index (χ1n) is 10.1. The summed E-state index contributed by atoms with van der Waals surface area (Å²) in [5.41, 5.74) is 1.67. The Bertz CT molecular complexity index is 1040. The Balaban J connectivity index is 1.75. The molecule has 0 unspecified atom stereocenters. The van der Waals surface area contributed by atoms with Gasteiger partial charge in [-0.05, 0) is 54.9 Å². The molecular weight excluding hydrogens is 428 g/mol. The Morgan fingerprint density at radius 3 is 2.38 bits per heavy atom. The first-order chi connectivity index (χ1) is 15.3.